The number of esters is 1. The van der Waals surface area contributed by atoms with Crippen molar-refractivity contribution in [1.29, 1.82) is 5.26 Å². The minimum absolute atomic E-state index is 0.0214. The fourth-order valence-electron chi connectivity index (χ4n) is 3.15. The van der Waals surface area contributed by atoms with Crippen LogP contribution >= 0.6 is 0 Å². The number of aliphatic hydroxyl groups excluding tert-OH is 1. The van der Waals surface area contributed by atoms with Gasteiger partial charge in [0.25, 0.3) is 6.71 Å². The van der Waals surface area contributed by atoms with Gasteiger partial charge in [0.15, 0.2) is 6.54 Å². The van der Waals surface area contributed by atoms with Gasteiger partial charge >= 0.3 is 5.97 Å². The van der Waals surface area contributed by atoms with E-state index in [1.807, 2.05) is 60.7 Å². The molecule has 1 heterocycles. The number of nitriles is 1. The average molecular weight is 465 g/mol. The highest BCUT2D eigenvalue weighted by atomic mass is 16.5. The van der Waals surface area contributed by atoms with Crippen molar-refractivity contribution in [2.75, 3.05) is 26.2 Å². The lowest BCUT2D eigenvalue weighted by molar-refractivity contribution is -0.143. The molecule has 3 rings (SSSR count). The zero-order chi connectivity index (χ0) is 24.9. The number of ether oxygens (including phenoxy) is 1. The van der Waals surface area contributed by atoms with Crippen molar-refractivity contribution < 1.29 is 19.4 Å². The number of nitroso groups, excluding NO2 is 1. The monoisotopic (exact) mass is 465 g/mol. The highest BCUT2D eigenvalue weighted by molar-refractivity contribution is 6.67. The molecular formula is C25H32BN3O5. The lowest BCUT2D eigenvalue weighted by Crippen LogP contribution is -2.27. The Hall–Kier alpha value is -3.51. The van der Waals surface area contributed by atoms with Crippen molar-refractivity contribution in [2.45, 2.75) is 38.5 Å². The van der Waals surface area contributed by atoms with Crippen LogP contribution in [-0.2, 0) is 27.4 Å². The molecule has 1 amide bonds. The Labute approximate surface area is 201 Å². The van der Waals surface area contributed by atoms with Crippen LogP contribution in [0.15, 0.2) is 65.8 Å². The summed E-state index contributed by atoms with van der Waals surface area (Å²) in [5.41, 5.74) is 2.10. The third kappa shape index (κ3) is 13.8. The van der Waals surface area contributed by atoms with E-state index in [1.54, 1.807) is 4.90 Å². The summed E-state index contributed by atoms with van der Waals surface area (Å²) < 4.78 is 4.74. The van der Waals surface area contributed by atoms with Crippen molar-refractivity contribution in [3.8, 4) is 5.97 Å². The number of hydrogen-bond acceptors (Lipinski definition) is 7. The normalized spacial score (nSPS) is 11.6. The van der Waals surface area contributed by atoms with Crippen LogP contribution in [0.5, 0.6) is 0 Å². The third-order valence-corrected chi connectivity index (χ3v) is 5.04. The summed E-state index contributed by atoms with van der Waals surface area (Å²) in [6.45, 7) is 1.26. The molecule has 1 aliphatic heterocycles. The first kappa shape index (κ1) is 28.5. The quantitative estimate of drug-likeness (QED) is 0.248. The molecule has 2 aromatic carbocycles. The third-order valence-electron chi connectivity index (χ3n) is 5.04. The molecule has 0 spiro atoms. The van der Waals surface area contributed by atoms with Crippen molar-refractivity contribution in [2.24, 2.45) is 5.18 Å². The topological polar surface area (TPSA) is 120 Å². The molecule has 1 N–H and O–H groups in total. The Morgan fingerprint density at radius 3 is 2.12 bits per heavy atom. The Balaban J connectivity index is 0.000000268. The number of aliphatic hydroxyl groups is 1. The number of nitrogens with zero attached hydrogens (tertiary/aromatic N) is 3. The lowest BCUT2D eigenvalue weighted by Gasteiger charge is -2.15. The molecule has 0 atom stereocenters. The van der Waals surface area contributed by atoms with Gasteiger partial charge in [-0.1, -0.05) is 91.3 Å². The van der Waals surface area contributed by atoms with Crippen LogP contribution in [0.2, 0.25) is 12.6 Å². The fraction of sp³-hybridized carbons (Fsp3) is 0.400. The van der Waals surface area contributed by atoms with E-state index in [-0.39, 0.29) is 13.2 Å². The summed E-state index contributed by atoms with van der Waals surface area (Å²) in [4.78, 5) is 32.5. The zero-order valence-corrected chi connectivity index (χ0v) is 19.4. The van der Waals surface area contributed by atoms with E-state index >= 15 is 0 Å². The smallest absolute Gasteiger partial charge is 0.331 e. The molecule has 9 heteroatoms. The SMILES string of the molecule is N#CB1CCCC1.O=CN(CCO)CCc1ccccc1.O=NCC(=O)OCc1ccccc1. The molecule has 1 saturated heterocycles. The van der Waals surface area contributed by atoms with Gasteiger partial charge in [0.2, 0.25) is 6.41 Å². The number of benzene rings is 2. The largest absolute Gasteiger partial charge is 0.459 e. The molecule has 8 nitrogen and oxygen atoms in total. The molecule has 0 aromatic heterocycles. The van der Waals surface area contributed by atoms with Crippen LogP contribution in [0.25, 0.3) is 0 Å². The van der Waals surface area contributed by atoms with Crippen LogP contribution in [-0.4, -0.2) is 55.3 Å². The van der Waals surface area contributed by atoms with Gasteiger partial charge in [0.1, 0.15) is 6.61 Å². The van der Waals surface area contributed by atoms with Crippen molar-refractivity contribution in [3.63, 3.8) is 0 Å². The summed E-state index contributed by atoms with van der Waals surface area (Å²) in [7, 11) is 0. The summed E-state index contributed by atoms with van der Waals surface area (Å²) in [5.74, 6) is 1.67. The van der Waals surface area contributed by atoms with Gasteiger partial charge in [0, 0.05) is 19.1 Å². The highest BCUT2D eigenvalue weighted by Crippen LogP contribution is 2.17. The Morgan fingerprint density at radius 2 is 1.65 bits per heavy atom. The molecular weight excluding hydrogens is 433 g/mol. The molecule has 0 unspecified atom stereocenters. The number of carbonyl (C=O) groups excluding carboxylic acids is 2. The number of amides is 1. The molecule has 1 fully saturated rings. The van der Waals surface area contributed by atoms with Gasteiger partial charge in [0.05, 0.1) is 6.61 Å². The molecule has 0 bridgehead atoms. The molecule has 0 saturated carbocycles. The first-order valence-electron chi connectivity index (χ1n) is 11.3. The van der Waals surface area contributed by atoms with Crippen molar-refractivity contribution >= 4 is 19.1 Å². The van der Waals surface area contributed by atoms with Gasteiger partial charge in [-0.25, -0.2) is 10.1 Å². The lowest BCUT2D eigenvalue weighted by atomic mass is 9.50. The van der Waals surface area contributed by atoms with Crippen LogP contribution in [0.3, 0.4) is 0 Å². The van der Waals surface area contributed by atoms with Crippen LogP contribution < -0.4 is 0 Å². The summed E-state index contributed by atoms with van der Waals surface area (Å²) in [5, 5.41) is 19.4. The first-order valence-corrected chi connectivity index (χ1v) is 11.3. The van der Waals surface area contributed by atoms with E-state index in [2.05, 4.69) is 11.1 Å². The molecule has 0 radical (unpaired) electrons. The second kappa shape index (κ2) is 19.0. The first-order chi connectivity index (χ1) is 16.6. The zero-order valence-electron chi connectivity index (χ0n) is 19.4. The van der Waals surface area contributed by atoms with Gasteiger partial charge in [-0.05, 0) is 17.5 Å². The maximum Gasteiger partial charge on any atom is 0.331 e. The molecule has 2 aromatic rings. The Morgan fingerprint density at radius 1 is 1.06 bits per heavy atom. The summed E-state index contributed by atoms with van der Waals surface area (Å²) in [6, 6.07) is 19.2. The van der Waals surface area contributed by atoms with Gasteiger partial charge in [-0.2, -0.15) is 4.91 Å². The molecule has 1 aliphatic rings. The molecule has 34 heavy (non-hydrogen) atoms. The van der Waals surface area contributed by atoms with E-state index in [0.717, 1.165) is 31.0 Å². The van der Waals surface area contributed by atoms with Crippen LogP contribution in [0.1, 0.15) is 24.0 Å². The van der Waals surface area contributed by atoms with Gasteiger partial charge in [-0.3, -0.25) is 4.79 Å². The van der Waals surface area contributed by atoms with E-state index in [0.29, 0.717) is 19.8 Å². The maximum atomic E-state index is 10.7. The second-order valence-corrected chi connectivity index (χ2v) is 7.64. The number of rotatable bonds is 10. The van der Waals surface area contributed by atoms with Crippen molar-refractivity contribution in [3.05, 3.63) is 76.7 Å². The minimum Gasteiger partial charge on any atom is -0.459 e. The maximum absolute atomic E-state index is 10.7. The van der Waals surface area contributed by atoms with E-state index < -0.39 is 12.5 Å². The fourth-order valence-corrected chi connectivity index (χ4v) is 3.15. The standard InChI is InChI=1S/C11H15NO2.C9H9NO3.C5H8BN/c13-9-8-12(10-14)7-6-11-4-2-1-3-5-11;11-9(6-10-12)13-7-8-4-2-1-3-5-8;7-5-6-3-1-2-4-6/h1-5,10,13H,6-9H2;1-5H,6-7H2;1-4H2. The molecule has 0 aliphatic carbocycles. The highest BCUT2D eigenvalue weighted by Gasteiger charge is 2.17. The number of carbonyl (C=O) groups is 2. The number of hydrogen-bond donors (Lipinski definition) is 1. The minimum atomic E-state index is -0.598. The predicted molar refractivity (Wildman–Crippen MR) is 132 cm³/mol. The Bertz CT molecular complexity index is 856. The van der Waals surface area contributed by atoms with Crippen molar-refractivity contribution in [1.82, 2.24) is 4.90 Å². The van der Waals surface area contributed by atoms with Crippen LogP contribution in [0, 0.1) is 16.1 Å². The predicted octanol–water partition coefficient (Wildman–Crippen LogP) is 3.51. The second-order valence-electron chi connectivity index (χ2n) is 7.64. The van der Waals surface area contributed by atoms with E-state index in [1.165, 1.54) is 18.4 Å². The van der Waals surface area contributed by atoms with E-state index in [4.69, 9.17) is 15.1 Å². The average Bonchev–Trinajstić information content (AvgIpc) is 3.42. The summed E-state index contributed by atoms with van der Waals surface area (Å²) >= 11 is 0. The van der Waals surface area contributed by atoms with Crippen LogP contribution in [0.4, 0.5) is 0 Å². The van der Waals surface area contributed by atoms with Gasteiger partial charge in [-0.15, -0.1) is 0 Å². The molecule has 180 valence electrons. The summed E-state index contributed by atoms with van der Waals surface area (Å²) in [6.07, 6.45) is 6.46. The van der Waals surface area contributed by atoms with E-state index in [9.17, 15) is 14.5 Å². The Kier molecular flexibility index (Phi) is 15.9. The van der Waals surface area contributed by atoms with Gasteiger partial charge < -0.3 is 14.7 Å².